The van der Waals surface area contributed by atoms with E-state index in [1.807, 2.05) is 0 Å². The van der Waals surface area contributed by atoms with Crippen LogP contribution in [0.15, 0.2) is 12.1 Å². The molecule has 1 heterocycles. The van der Waals surface area contributed by atoms with Crippen molar-refractivity contribution in [2.75, 3.05) is 25.1 Å². The van der Waals surface area contributed by atoms with E-state index in [4.69, 9.17) is 39.6 Å². The molecule has 2 rings (SSSR count). The number of benzene rings is 1. The topological polar surface area (TPSA) is 118 Å². The van der Waals surface area contributed by atoms with Crippen molar-refractivity contribution in [1.82, 2.24) is 20.8 Å². The molecule has 0 fully saturated rings. The Labute approximate surface area is 149 Å². The van der Waals surface area contributed by atoms with E-state index in [-0.39, 0.29) is 5.11 Å². The molecule has 0 aliphatic rings. The van der Waals surface area contributed by atoms with Gasteiger partial charge in [0, 0.05) is 11.5 Å². The number of aromatic nitrogens is 2. The summed E-state index contributed by atoms with van der Waals surface area (Å²) in [6, 6.07) is 3.48. The molecule has 0 bridgehead atoms. The molecular weight excluding hydrogens is 350 g/mol. The van der Waals surface area contributed by atoms with Crippen molar-refractivity contribution in [2.45, 2.75) is 6.92 Å². The van der Waals surface area contributed by atoms with E-state index in [1.165, 1.54) is 0 Å². The van der Waals surface area contributed by atoms with Gasteiger partial charge in [0.1, 0.15) is 0 Å². The Bertz CT molecular complexity index is 784. The summed E-state index contributed by atoms with van der Waals surface area (Å²) >= 11 is 9.75. The summed E-state index contributed by atoms with van der Waals surface area (Å²) in [5.41, 5.74) is 17.1. The fraction of sp³-hybridized carbons (Fsp3) is 0.231. The van der Waals surface area contributed by atoms with Gasteiger partial charge in [-0.25, -0.2) is 4.98 Å². The van der Waals surface area contributed by atoms with E-state index in [1.54, 1.807) is 33.3 Å². The number of thiocarbonyl (C=S) groups is 2. The van der Waals surface area contributed by atoms with Crippen LogP contribution >= 0.6 is 24.4 Å². The number of nitrogens with one attached hydrogen (secondary N) is 4. The molecule has 0 aliphatic carbocycles. The van der Waals surface area contributed by atoms with Gasteiger partial charge in [-0.3, -0.25) is 21.7 Å². The van der Waals surface area contributed by atoms with Gasteiger partial charge in [0.15, 0.2) is 22.4 Å². The predicted octanol–water partition coefficient (Wildman–Crippen LogP) is 1.07. The average molecular weight is 367 g/mol. The second kappa shape index (κ2) is 7.75. The third-order valence-electron chi connectivity index (χ3n) is 2.86. The molecule has 0 spiro atoms. The van der Waals surface area contributed by atoms with Crippen LogP contribution in [0.1, 0.15) is 6.92 Å². The number of methoxy groups -OCH3 is 2. The fourth-order valence-corrected chi connectivity index (χ4v) is 1.97. The van der Waals surface area contributed by atoms with Crippen LogP contribution in [0.25, 0.3) is 10.9 Å². The highest BCUT2D eigenvalue weighted by Crippen LogP contribution is 2.34. The molecule has 0 saturated heterocycles. The Morgan fingerprint density at radius 3 is 2.29 bits per heavy atom. The lowest BCUT2D eigenvalue weighted by atomic mass is 10.2. The molecule has 6 N–H and O–H groups in total. The molecule has 9 nitrogen and oxygen atoms in total. The lowest BCUT2D eigenvalue weighted by Gasteiger charge is -2.15. The molecule has 1 aromatic heterocycles. The summed E-state index contributed by atoms with van der Waals surface area (Å²) in [4.78, 5) is 9.30. The second-order valence-corrected chi connectivity index (χ2v) is 5.59. The fourth-order valence-electron chi connectivity index (χ4n) is 1.87. The number of fused-ring (bicyclic) bond motifs is 1. The van der Waals surface area contributed by atoms with Crippen molar-refractivity contribution in [3.63, 3.8) is 0 Å². The van der Waals surface area contributed by atoms with Crippen LogP contribution in [-0.2, 0) is 0 Å². The Morgan fingerprint density at radius 2 is 1.71 bits per heavy atom. The number of hydrogen-bond donors (Lipinski definition) is 5. The van der Waals surface area contributed by atoms with Crippen molar-refractivity contribution in [3.05, 3.63) is 12.1 Å². The highest BCUT2D eigenvalue weighted by Gasteiger charge is 2.13. The smallest absolute Gasteiger partial charge is 0.244 e. The second-order valence-electron chi connectivity index (χ2n) is 4.54. The summed E-state index contributed by atoms with van der Waals surface area (Å²) in [5, 5.41) is 0.755. The van der Waals surface area contributed by atoms with Gasteiger partial charge in [0.25, 0.3) is 0 Å². The van der Waals surface area contributed by atoms with Crippen LogP contribution in [0.4, 0.5) is 11.8 Å². The third kappa shape index (κ3) is 4.20. The van der Waals surface area contributed by atoms with Gasteiger partial charge >= 0.3 is 0 Å². The molecule has 11 heteroatoms. The summed E-state index contributed by atoms with van der Waals surface area (Å²) in [7, 11) is 3.10. The van der Waals surface area contributed by atoms with Crippen molar-refractivity contribution in [1.29, 1.82) is 0 Å². The maximum absolute atomic E-state index is 5.45. The average Bonchev–Trinajstić information content (AvgIpc) is 2.56. The Kier molecular flexibility index (Phi) is 5.71. The zero-order valence-electron chi connectivity index (χ0n) is 13.3. The zero-order chi connectivity index (χ0) is 17.7. The van der Waals surface area contributed by atoms with Gasteiger partial charge < -0.3 is 15.2 Å². The lowest BCUT2D eigenvalue weighted by molar-refractivity contribution is 0.356. The van der Waals surface area contributed by atoms with Crippen LogP contribution in [-0.4, -0.2) is 34.3 Å². The lowest BCUT2D eigenvalue weighted by Crippen LogP contribution is -2.34. The molecule has 1 aromatic carbocycles. The molecule has 0 unspecified atom stereocenters. The van der Waals surface area contributed by atoms with Crippen LogP contribution in [0.2, 0.25) is 0 Å². The minimum Gasteiger partial charge on any atom is -0.493 e. The van der Waals surface area contributed by atoms with Gasteiger partial charge in [0.2, 0.25) is 5.95 Å². The first-order chi connectivity index (χ1) is 11.4. The molecule has 2 aromatic rings. The van der Waals surface area contributed by atoms with Gasteiger partial charge in [-0.15, -0.1) is 0 Å². The van der Waals surface area contributed by atoms with Crippen molar-refractivity contribution >= 4 is 57.2 Å². The van der Waals surface area contributed by atoms with Crippen LogP contribution in [0.3, 0.4) is 0 Å². The first-order valence-electron chi connectivity index (χ1n) is 6.72. The summed E-state index contributed by atoms with van der Waals surface area (Å²) in [6.07, 6.45) is 0. The van der Waals surface area contributed by atoms with Crippen LogP contribution in [0.5, 0.6) is 11.5 Å². The Balaban J connectivity index is 2.53. The summed E-state index contributed by atoms with van der Waals surface area (Å²) in [6.45, 7) is 1.73. The monoisotopic (exact) mass is 367 g/mol. The maximum atomic E-state index is 5.45. The SMILES string of the molecule is COc1cc2nc(NNC(C)=S)nc(NNC(N)=S)c2cc1OC. The van der Waals surface area contributed by atoms with Crippen molar-refractivity contribution in [3.8, 4) is 11.5 Å². The highest BCUT2D eigenvalue weighted by molar-refractivity contribution is 7.80. The molecule has 0 atom stereocenters. The van der Waals surface area contributed by atoms with Gasteiger partial charge in [-0.05, 0) is 25.2 Å². The number of nitrogens with two attached hydrogens (primary N) is 1. The molecule has 128 valence electrons. The Hall–Kier alpha value is -2.66. The maximum Gasteiger partial charge on any atom is 0.244 e. The summed E-state index contributed by atoms with van der Waals surface area (Å²) < 4.78 is 10.6. The standard InChI is InChI=1S/C13H17N7O2S2/c1-6(23)17-20-13-15-8-5-10(22-3)9(21-2)4-7(8)11(16-13)18-19-12(14)24/h4-5H,1-3H3,(H,17,23)(H3,14,19,24)(H2,15,16,18,20). The zero-order valence-corrected chi connectivity index (χ0v) is 14.9. The van der Waals surface area contributed by atoms with E-state index in [0.29, 0.717) is 39.2 Å². The Morgan fingerprint density at radius 1 is 1.04 bits per heavy atom. The predicted molar refractivity (Wildman–Crippen MR) is 101 cm³/mol. The molecule has 0 amide bonds. The first-order valence-corrected chi connectivity index (χ1v) is 7.54. The molecule has 0 saturated carbocycles. The van der Waals surface area contributed by atoms with Gasteiger partial charge in [0.05, 0.1) is 24.7 Å². The largest absolute Gasteiger partial charge is 0.493 e. The number of hydrogen-bond acceptors (Lipinski definition) is 8. The molecule has 0 radical (unpaired) electrons. The van der Waals surface area contributed by atoms with Crippen LogP contribution < -0.4 is 36.9 Å². The number of nitrogens with zero attached hydrogens (tertiary/aromatic N) is 2. The van der Waals surface area contributed by atoms with E-state index in [2.05, 4.69) is 31.7 Å². The van der Waals surface area contributed by atoms with Gasteiger partial charge in [-0.2, -0.15) is 4.98 Å². The van der Waals surface area contributed by atoms with E-state index in [0.717, 1.165) is 0 Å². The van der Waals surface area contributed by atoms with Crippen LogP contribution in [0, 0.1) is 0 Å². The van der Waals surface area contributed by atoms with E-state index >= 15 is 0 Å². The highest BCUT2D eigenvalue weighted by atomic mass is 32.1. The quantitative estimate of drug-likeness (QED) is 0.373. The minimum absolute atomic E-state index is 0.0737. The van der Waals surface area contributed by atoms with Crippen molar-refractivity contribution < 1.29 is 9.47 Å². The number of rotatable bonds is 6. The third-order valence-corrected chi connectivity index (χ3v) is 3.06. The number of hydrazine groups is 2. The van der Waals surface area contributed by atoms with Crippen molar-refractivity contribution in [2.24, 2.45) is 5.73 Å². The van der Waals surface area contributed by atoms with Gasteiger partial charge in [-0.1, -0.05) is 12.2 Å². The molecule has 24 heavy (non-hydrogen) atoms. The normalized spacial score (nSPS) is 9.96. The summed E-state index contributed by atoms with van der Waals surface area (Å²) in [5.74, 6) is 1.83. The first kappa shape index (κ1) is 17.7. The molecular formula is C13H17N7O2S2. The minimum atomic E-state index is 0.0737. The molecule has 0 aliphatic heterocycles. The number of anilines is 2. The van der Waals surface area contributed by atoms with E-state index in [9.17, 15) is 0 Å². The number of ether oxygens (including phenoxy) is 2. The van der Waals surface area contributed by atoms with E-state index < -0.39 is 0 Å².